The first-order valence-corrected chi connectivity index (χ1v) is 14.9. The molecule has 0 radical (unpaired) electrons. The number of phenols is 1. The molecule has 3 aliphatic rings. The minimum atomic E-state index is -0.586. The van der Waals surface area contributed by atoms with Gasteiger partial charge < -0.3 is 50.5 Å². The van der Waals surface area contributed by atoms with Crippen LogP contribution in [0.25, 0.3) is 0 Å². The van der Waals surface area contributed by atoms with E-state index in [2.05, 4.69) is 16.0 Å². The zero-order chi connectivity index (χ0) is 30.3. The summed E-state index contributed by atoms with van der Waals surface area (Å²) in [5.74, 6) is -0.316. The van der Waals surface area contributed by atoms with Crippen LogP contribution in [0.3, 0.4) is 0 Å². The first-order valence-electron chi connectivity index (χ1n) is 14.9. The number of rotatable bonds is 15. The molecule has 2 heterocycles. The van der Waals surface area contributed by atoms with Gasteiger partial charge in [0.2, 0.25) is 18.4 Å². The number of phenolic OH excluding ortho intramolecular Hbond substituents is 1. The molecule has 0 saturated carbocycles. The maximum absolute atomic E-state index is 13.3. The summed E-state index contributed by atoms with van der Waals surface area (Å²) < 4.78 is 27.8. The van der Waals surface area contributed by atoms with E-state index in [9.17, 15) is 14.7 Å². The Bertz CT molecular complexity index is 1280. The number of aromatic hydroxyl groups is 1. The van der Waals surface area contributed by atoms with Crippen LogP contribution in [0.1, 0.15) is 54.3 Å². The largest absolute Gasteiger partial charge is 0.502 e. The van der Waals surface area contributed by atoms with Crippen molar-refractivity contribution in [3.05, 3.63) is 41.0 Å². The summed E-state index contributed by atoms with van der Waals surface area (Å²) in [6.07, 6.45) is 3.01. The van der Waals surface area contributed by atoms with Crippen molar-refractivity contribution in [1.82, 2.24) is 16.0 Å². The molecule has 2 aromatic carbocycles. The number of amides is 1. The number of nitrogens with two attached hydrogens (primary N) is 1. The molecule has 5 rings (SSSR count). The minimum absolute atomic E-state index is 0.0897. The van der Waals surface area contributed by atoms with Crippen LogP contribution in [-0.4, -0.2) is 77.3 Å². The maximum atomic E-state index is 13.3. The van der Waals surface area contributed by atoms with E-state index in [0.29, 0.717) is 36.4 Å². The summed E-state index contributed by atoms with van der Waals surface area (Å²) in [5, 5.41) is 20.5. The third kappa shape index (κ3) is 6.61. The van der Waals surface area contributed by atoms with Crippen molar-refractivity contribution in [3.63, 3.8) is 0 Å². The fraction of sp³-hybridized carbons (Fsp3) is 0.548. The molecule has 2 aliphatic heterocycles. The lowest BCUT2D eigenvalue weighted by atomic mass is 9.65. The highest BCUT2D eigenvalue weighted by Gasteiger charge is 2.53. The lowest BCUT2D eigenvalue weighted by Gasteiger charge is -2.39. The van der Waals surface area contributed by atoms with Gasteiger partial charge in [0.25, 0.3) is 0 Å². The summed E-state index contributed by atoms with van der Waals surface area (Å²) >= 11 is 0. The third-order valence-electron chi connectivity index (χ3n) is 8.39. The quantitative estimate of drug-likeness (QED) is 0.150. The zero-order valence-corrected chi connectivity index (χ0v) is 24.8. The number of methoxy groups -OCH3 is 2. The topological polar surface area (TPSA) is 163 Å². The van der Waals surface area contributed by atoms with Gasteiger partial charge >= 0.3 is 5.97 Å². The highest BCUT2D eigenvalue weighted by Crippen LogP contribution is 2.55. The van der Waals surface area contributed by atoms with Gasteiger partial charge in [-0.15, -0.1) is 0 Å². The Kier molecular flexibility index (Phi) is 10.1. The van der Waals surface area contributed by atoms with Gasteiger partial charge in [-0.1, -0.05) is 0 Å². The van der Waals surface area contributed by atoms with Gasteiger partial charge in [-0.3, -0.25) is 9.59 Å². The molecular weight excluding hydrogens is 556 g/mol. The van der Waals surface area contributed by atoms with E-state index < -0.39 is 17.9 Å². The Morgan fingerprint density at radius 1 is 0.930 bits per heavy atom. The van der Waals surface area contributed by atoms with Crippen LogP contribution in [0.2, 0.25) is 0 Å². The van der Waals surface area contributed by atoms with Gasteiger partial charge in [-0.2, -0.15) is 0 Å². The van der Waals surface area contributed by atoms with Gasteiger partial charge in [0.15, 0.2) is 23.0 Å². The van der Waals surface area contributed by atoms with Crippen LogP contribution in [0.5, 0.6) is 28.7 Å². The first-order chi connectivity index (χ1) is 21.0. The lowest BCUT2D eigenvalue weighted by molar-refractivity contribution is -0.141. The number of carbonyl (C=O) groups is 2. The molecule has 0 spiro atoms. The maximum Gasteiger partial charge on any atom is 0.310 e. The van der Waals surface area contributed by atoms with Gasteiger partial charge in [0, 0.05) is 18.3 Å². The van der Waals surface area contributed by atoms with Crippen molar-refractivity contribution < 1.29 is 38.4 Å². The van der Waals surface area contributed by atoms with E-state index >= 15 is 0 Å². The molecule has 1 aliphatic carbocycles. The Labute approximate surface area is 251 Å². The predicted octanol–water partition coefficient (Wildman–Crippen LogP) is 1.93. The lowest BCUT2D eigenvalue weighted by Crippen LogP contribution is -2.43. The normalized spacial score (nSPS) is 21.6. The molecule has 12 nitrogen and oxygen atoms in total. The highest BCUT2D eigenvalue weighted by molar-refractivity contribution is 5.81. The van der Waals surface area contributed by atoms with E-state index in [1.807, 2.05) is 12.1 Å². The van der Waals surface area contributed by atoms with Crippen molar-refractivity contribution in [2.75, 3.05) is 60.3 Å². The number of nitrogens with one attached hydrogen (secondary N) is 3. The highest BCUT2D eigenvalue weighted by atomic mass is 16.7. The standard InChI is InChI=1S/C31H42N4O8/c1-39-24-12-18(13-25(40-2)30(24)37)27-19-14-22-23(43-17-42-22)15-20(19)29(21-16-41-31(38)28(21)27)35-26(36)6-3-8-33-10-5-11-34-9-4-7-32/h12-15,21,27-29,33-34,37H,3-11,16-17,32H2,1-2H3,(H,35,36). The molecule has 6 N–H and O–H groups in total. The Balaban J connectivity index is 1.34. The first kappa shape index (κ1) is 30.7. The number of hydrogen-bond acceptors (Lipinski definition) is 11. The van der Waals surface area contributed by atoms with Gasteiger partial charge in [0.05, 0.1) is 32.8 Å². The van der Waals surface area contributed by atoms with Crippen molar-refractivity contribution in [3.8, 4) is 28.7 Å². The van der Waals surface area contributed by atoms with E-state index in [4.69, 9.17) is 29.4 Å². The van der Waals surface area contributed by atoms with Crippen LogP contribution in [0, 0.1) is 11.8 Å². The average molecular weight is 599 g/mol. The molecule has 4 atom stereocenters. The van der Waals surface area contributed by atoms with Crippen LogP contribution in [-0.2, 0) is 14.3 Å². The Morgan fingerprint density at radius 2 is 1.56 bits per heavy atom. The number of hydrogen-bond donors (Lipinski definition) is 5. The molecule has 234 valence electrons. The molecule has 0 bridgehead atoms. The molecule has 2 aromatic rings. The predicted molar refractivity (Wildman–Crippen MR) is 158 cm³/mol. The van der Waals surface area contributed by atoms with Crippen molar-refractivity contribution in [2.45, 2.75) is 37.6 Å². The fourth-order valence-electron chi connectivity index (χ4n) is 6.28. The van der Waals surface area contributed by atoms with Crippen LogP contribution < -0.4 is 40.6 Å². The monoisotopic (exact) mass is 598 g/mol. The molecule has 43 heavy (non-hydrogen) atoms. The molecular formula is C31H42N4O8. The Hall–Kier alpha value is -3.74. The van der Waals surface area contributed by atoms with E-state index in [1.54, 1.807) is 12.1 Å². The van der Waals surface area contributed by atoms with Gasteiger partial charge in [-0.25, -0.2) is 0 Å². The smallest absolute Gasteiger partial charge is 0.310 e. The summed E-state index contributed by atoms with van der Waals surface area (Å²) in [7, 11) is 2.92. The second kappa shape index (κ2) is 14.2. The molecule has 12 heteroatoms. The Morgan fingerprint density at radius 3 is 2.21 bits per heavy atom. The summed E-state index contributed by atoms with van der Waals surface area (Å²) in [5.41, 5.74) is 7.87. The minimum Gasteiger partial charge on any atom is -0.502 e. The molecule has 1 saturated heterocycles. The number of esters is 1. The van der Waals surface area contributed by atoms with E-state index in [-0.39, 0.29) is 48.4 Å². The number of carbonyl (C=O) groups excluding carboxylic acids is 2. The number of benzene rings is 2. The molecule has 1 amide bonds. The summed E-state index contributed by atoms with van der Waals surface area (Å²) in [6.45, 7) is 4.42. The van der Waals surface area contributed by atoms with Crippen molar-refractivity contribution in [2.24, 2.45) is 17.6 Å². The number of fused-ring (bicyclic) bond motifs is 3. The molecule has 4 unspecified atom stereocenters. The van der Waals surface area contributed by atoms with Crippen molar-refractivity contribution >= 4 is 11.9 Å². The summed E-state index contributed by atoms with van der Waals surface area (Å²) in [6, 6.07) is 6.73. The fourth-order valence-corrected chi connectivity index (χ4v) is 6.28. The SMILES string of the molecule is COc1cc(C2c3cc4c(cc3C(NC(=O)CCCNCCCNCCCN)C3COC(=O)C23)OCO4)cc(OC)c1O. The average Bonchev–Trinajstić information content (AvgIpc) is 3.63. The third-order valence-corrected chi connectivity index (χ3v) is 8.39. The zero-order valence-electron chi connectivity index (χ0n) is 24.8. The second-order valence-electron chi connectivity index (χ2n) is 11.1. The summed E-state index contributed by atoms with van der Waals surface area (Å²) in [4.78, 5) is 26.5. The molecule has 1 fully saturated rings. The van der Waals surface area contributed by atoms with Gasteiger partial charge in [0.1, 0.15) is 0 Å². The number of cyclic esters (lactones) is 1. The van der Waals surface area contributed by atoms with E-state index in [1.165, 1.54) is 14.2 Å². The van der Waals surface area contributed by atoms with Crippen LogP contribution in [0.15, 0.2) is 24.3 Å². The van der Waals surface area contributed by atoms with Crippen molar-refractivity contribution in [1.29, 1.82) is 0 Å². The van der Waals surface area contributed by atoms with Gasteiger partial charge in [-0.05, 0) is 92.9 Å². The van der Waals surface area contributed by atoms with Crippen LogP contribution >= 0.6 is 0 Å². The van der Waals surface area contributed by atoms with Crippen LogP contribution in [0.4, 0.5) is 0 Å². The molecule has 0 aromatic heterocycles. The number of ether oxygens (including phenoxy) is 5. The second-order valence-corrected chi connectivity index (χ2v) is 11.1. The van der Waals surface area contributed by atoms with E-state index in [0.717, 1.165) is 50.1 Å².